The quantitative estimate of drug-likeness (QED) is 0.0423. The van der Waals surface area contributed by atoms with Gasteiger partial charge in [0.1, 0.15) is 66.1 Å². The number of nitrogens with zero attached hydrogens (tertiary/aromatic N) is 10. The second-order valence-electron chi connectivity index (χ2n) is 28.6. The molecule has 22 nitrogen and oxygen atoms in total. The third kappa shape index (κ3) is 17.5. The number of carbonyl (C=O) groups excluding carboxylic acids is 5. The number of hydrogen-bond acceptors (Lipinski definition) is 16. The number of nitrogens with one attached hydrogen (secondary N) is 4. The summed E-state index contributed by atoms with van der Waals surface area (Å²) in [4.78, 5) is 95.8. The Labute approximate surface area is 588 Å². The van der Waals surface area contributed by atoms with Crippen LogP contribution in [0.3, 0.4) is 0 Å². The number of amides is 6. The topological polar surface area (TPSA) is 222 Å². The number of urea groups is 1. The van der Waals surface area contributed by atoms with Gasteiger partial charge in [-0.15, -0.1) is 0 Å². The van der Waals surface area contributed by atoms with Crippen LogP contribution >= 0.6 is 23.2 Å². The van der Waals surface area contributed by atoms with Crippen molar-refractivity contribution in [2.75, 3.05) is 134 Å². The Balaban J connectivity index is 0.531. The number of likely N-dealkylation sites (tertiary alicyclic amines) is 2. The van der Waals surface area contributed by atoms with Gasteiger partial charge in [0.15, 0.2) is 0 Å². The minimum atomic E-state index is -0.653. The van der Waals surface area contributed by atoms with Crippen LogP contribution in [-0.2, 0) is 30.5 Å². The third-order valence-corrected chi connectivity index (χ3v) is 21.1. The minimum Gasteiger partial charge on any atom is -0.497 e. The summed E-state index contributed by atoms with van der Waals surface area (Å²) in [5.41, 5.74) is 2.28. The molecule has 1 aliphatic carbocycles. The average molecular weight is 1400 g/mol. The van der Waals surface area contributed by atoms with E-state index in [1.165, 1.54) is 28.3 Å². The minimum absolute atomic E-state index is 0.00229. The maximum atomic E-state index is 15.8. The van der Waals surface area contributed by atoms with Crippen molar-refractivity contribution in [1.82, 2.24) is 50.4 Å². The molecule has 1 aromatic heterocycles. The fourth-order valence-corrected chi connectivity index (χ4v) is 15.4. The summed E-state index contributed by atoms with van der Waals surface area (Å²) in [5.74, 6) is 1.82. The molecule has 6 fully saturated rings. The second kappa shape index (κ2) is 31.3. The monoisotopic (exact) mass is 1400 g/mol. The number of rotatable bonds is 24. The highest BCUT2D eigenvalue weighted by Gasteiger charge is 2.47. The van der Waals surface area contributed by atoms with Crippen LogP contribution in [0.5, 0.6) is 11.5 Å². The molecule has 5 saturated heterocycles. The lowest BCUT2D eigenvalue weighted by Crippen LogP contribution is -2.66. The molecular weight excluding hydrogens is 1310 g/mol. The molecule has 4 N–H and O–H groups in total. The molecule has 12 rings (SSSR count). The summed E-state index contributed by atoms with van der Waals surface area (Å²) in [6.07, 6.45) is 7.73. The molecule has 5 aromatic rings. The molecule has 6 aliphatic heterocycles. The predicted molar refractivity (Wildman–Crippen MR) is 376 cm³/mol. The highest BCUT2D eigenvalue weighted by Crippen LogP contribution is 2.47. The number of fused-ring (bicyclic) bond motifs is 1. The Morgan fingerprint density at radius 3 is 2.14 bits per heavy atom. The van der Waals surface area contributed by atoms with Gasteiger partial charge in [-0.05, 0) is 156 Å². The maximum absolute atomic E-state index is 15.8. The molecule has 7 heterocycles. The van der Waals surface area contributed by atoms with E-state index in [0.29, 0.717) is 121 Å². The van der Waals surface area contributed by atoms with Crippen LogP contribution in [-0.4, -0.2) is 206 Å². The Morgan fingerprint density at radius 1 is 0.747 bits per heavy atom. The summed E-state index contributed by atoms with van der Waals surface area (Å²) in [5, 5.41) is 13.6. The fourth-order valence-electron chi connectivity index (χ4n) is 15.1. The van der Waals surface area contributed by atoms with Gasteiger partial charge in [-0.3, -0.25) is 34.0 Å². The summed E-state index contributed by atoms with van der Waals surface area (Å²) < 4.78 is 49.4. The van der Waals surface area contributed by atoms with Gasteiger partial charge >= 0.3 is 6.03 Å². The van der Waals surface area contributed by atoms with Crippen molar-refractivity contribution in [2.24, 2.45) is 22.2 Å². The van der Waals surface area contributed by atoms with Crippen molar-refractivity contribution >= 4 is 76.0 Å². The van der Waals surface area contributed by atoms with E-state index < -0.39 is 35.3 Å². The molecule has 7 aliphatic rings. The summed E-state index contributed by atoms with van der Waals surface area (Å²) in [7, 11) is 1.57. The molecular formula is C73H92Cl2F2N14O8. The van der Waals surface area contributed by atoms with E-state index in [9.17, 15) is 19.2 Å². The van der Waals surface area contributed by atoms with Crippen molar-refractivity contribution < 1.29 is 47.0 Å². The number of anilines is 3. The van der Waals surface area contributed by atoms with Crippen LogP contribution < -0.4 is 40.5 Å². The van der Waals surface area contributed by atoms with E-state index in [-0.39, 0.29) is 86.3 Å². The van der Waals surface area contributed by atoms with Crippen LogP contribution in [0.1, 0.15) is 113 Å². The number of piperidine rings is 2. The molecule has 26 heteroatoms. The molecule has 0 bridgehead atoms. The van der Waals surface area contributed by atoms with Gasteiger partial charge in [-0.1, -0.05) is 61.3 Å². The number of halogens is 4. The van der Waals surface area contributed by atoms with Crippen molar-refractivity contribution in [3.05, 3.63) is 135 Å². The van der Waals surface area contributed by atoms with E-state index in [2.05, 4.69) is 59.8 Å². The number of ether oxygens (including phenoxy) is 3. The molecule has 6 amide bonds. The number of carbonyl (C=O) groups is 5. The zero-order valence-electron chi connectivity index (χ0n) is 57.3. The van der Waals surface area contributed by atoms with Gasteiger partial charge < -0.3 is 60.0 Å². The first-order valence-electron chi connectivity index (χ1n) is 34.9. The maximum Gasteiger partial charge on any atom is 0.326 e. The summed E-state index contributed by atoms with van der Waals surface area (Å²) in [6.45, 7) is 16.1. The van der Waals surface area contributed by atoms with Crippen LogP contribution in [0.2, 0.25) is 10.0 Å². The van der Waals surface area contributed by atoms with Crippen LogP contribution in [0.4, 0.5) is 30.9 Å². The van der Waals surface area contributed by atoms with Gasteiger partial charge in [-0.2, -0.15) is 0 Å². The zero-order chi connectivity index (χ0) is 69.5. The largest absolute Gasteiger partial charge is 0.497 e. The van der Waals surface area contributed by atoms with Crippen LogP contribution in [0.15, 0.2) is 96.2 Å². The average Bonchev–Trinajstić information content (AvgIpc) is 1.64. The van der Waals surface area contributed by atoms with Crippen molar-refractivity contribution in [1.29, 1.82) is 0 Å². The number of aromatic nitrogens is 2. The van der Waals surface area contributed by atoms with Crippen LogP contribution in [0, 0.1) is 28.9 Å². The Hall–Kier alpha value is -7.90. The van der Waals surface area contributed by atoms with E-state index in [1.54, 1.807) is 53.3 Å². The number of methoxy groups -OCH3 is 1. The zero-order valence-corrected chi connectivity index (χ0v) is 58.8. The first-order chi connectivity index (χ1) is 47.6. The first-order valence-corrected chi connectivity index (χ1v) is 35.6. The SMILES string of the molecule is COc1ccc(C2=N[C@@H](c3ccc(Cl)cc3)[C@@H](c3ccc(Cl)cc3)N2C(=O)N2CCN(CC(=O)NCCCN3C[C@H]4CC(OCC(=O)NCCCNc5cc(N6CCC7(CC6)CN(c6cc(F)c(CN8CCC(C)(C)CC8)cc6F)CC(=O)N7)ncn5)C[C@H]4C3)C(=O)C2)c(OC(C)C)c1. The van der Waals surface area contributed by atoms with E-state index in [4.69, 9.17) is 42.4 Å². The standard InChI is InChI=1S/C73H92Cl2F2N14O8/c1-47(2)99-61-35-55(97-5)16-17-57(61)70-83-68(48-8-12-53(74)13-9-48)69(49-10-14-54(75)15-11-49)91(70)71(96)89-31-30-88(67(95)43-89)41-64(92)79-24-7-25-86-38-50-32-56(33-51(50)39-86)98-44-66(94)80-23-6-22-78-62-37-63(82-46-81-62)87-28-20-73(21-29-87)45-90(42-65(93)84-73)60-36-58(76)52(34-59(60)77)40-85-26-18-72(3,4)19-27-85/h8-17,34-37,46-47,50-51,56,68-69H,6-7,18-33,38-45H2,1-5H3,(H,79,92)(H,80,94)(H,84,93)(H,78,81,82)/t50-,51+,56?,68-,69+/m0/s1. The lowest BCUT2D eigenvalue weighted by atomic mass is 9.82. The number of benzene rings is 4. The van der Waals surface area contributed by atoms with Gasteiger partial charge in [0, 0.05) is 106 Å². The normalized spacial score (nSPS) is 22.4. The third-order valence-electron chi connectivity index (χ3n) is 20.6. The van der Waals surface area contributed by atoms with E-state index in [1.807, 2.05) is 50.2 Å². The van der Waals surface area contributed by atoms with Crippen LogP contribution in [0.25, 0.3) is 0 Å². The van der Waals surface area contributed by atoms with Gasteiger partial charge in [0.05, 0.1) is 55.2 Å². The Bertz CT molecular complexity index is 3730. The van der Waals surface area contributed by atoms with Crippen molar-refractivity contribution in [2.45, 2.75) is 115 Å². The summed E-state index contributed by atoms with van der Waals surface area (Å²) >= 11 is 12.8. The van der Waals surface area contributed by atoms with E-state index in [0.717, 1.165) is 81.8 Å². The van der Waals surface area contributed by atoms with Crippen molar-refractivity contribution in [3.63, 3.8) is 0 Å². The molecule has 1 saturated carbocycles. The Kier molecular flexibility index (Phi) is 22.5. The molecule has 4 aromatic carbocycles. The molecule has 1 spiro atoms. The van der Waals surface area contributed by atoms with E-state index >= 15 is 13.6 Å². The first kappa shape index (κ1) is 70.9. The number of hydrogen-bond donors (Lipinski definition) is 4. The number of aliphatic imine (C=N–C) groups is 1. The van der Waals surface area contributed by atoms with Gasteiger partial charge in [0.25, 0.3) is 0 Å². The van der Waals surface area contributed by atoms with Crippen molar-refractivity contribution in [3.8, 4) is 11.5 Å². The highest BCUT2D eigenvalue weighted by molar-refractivity contribution is 6.30. The molecule has 99 heavy (non-hydrogen) atoms. The lowest BCUT2D eigenvalue weighted by Gasteiger charge is -2.48. The Morgan fingerprint density at radius 2 is 1.44 bits per heavy atom. The van der Waals surface area contributed by atoms with Gasteiger partial charge in [0.2, 0.25) is 23.6 Å². The van der Waals surface area contributed by atoms with Gasteiger partial charge in [-0.25, -0.2) is 23.5 Å². The molecule has 0 radical (unpaired) electrons. The predicted octanol–water partition coefficient (Wildman–Crippen LogP) is 9.12. The molecule has 5 atom stereocenters. The lowest BCUT2D eigenvalue weighted by molar-refractivity contribution is -0.139. The summed E-state index contributed by atoms with van der Waals surface area (Å²) in [6, 6.07) is 22.9. The second-order valence-corrected chi connectivity index (χ2v) is 29.5. The fraction of sp³-hybridized carbons (Fsp3) is 0.534. The number of amidine groups is 1. The molecule has 1 unspecified atom stereocenters. The number of piperazine rings is 2. The smallest absolute Gasteiger partial charge is 0.326 e. The highest BCUT2D eigenvalue weighted by atomic mass is 35.5. The molecule has 530 valence electrons.